The summed E-state index contributed by atoms with van der Waals surface area (Å²) >= 11 is 0. The Morgan fingerprint density at radius 1 is 1.03 bits per heavy atom. The van der Waals surface area contributed by atoms with Crippen LogP contribution in [0.3, 0.4) is 0 Å². The number of carbonyl (C=O) groups excluding carboxylic acids is 2. The summed E-state index contributed by atoms with van der Waals surface area (Å²) in [5, 5.41) is 2.41. The summed E-state index contributed by atoms with van der Waals surface area (Å²) in [7, 11) is 2.93. The topological polar surface area (TPSA) is 71.1 Å². The van der Waals surface area contributed by atoms with Crippen LogP contribution in [0.5, 0.6) is 5.75 Å². The fraction of sp³-hybridized carbons (Fsp3) is 0.333. The summed E-state index contributed by atoms with van der Waals surface area (Å²) in [6, 6.07) is 12.7. The molecule has 1 aliphatic rings. The largest absolute Gasteiger partial charge is 0.494 e. The number of nitrogens with one attached hydrogen (secondary N) is 1. The van der Waals surface area contributed by atoms with E-state index in [9.17, 15) is 14.0 Å². The molecule has 0 aliphatic carbocycles. The van der Waals surface area contributed by atoms with E-state index < -0.39 is 11.9 Å². The smallest absolute Gasteiger partial charge is 0.410 e. The molecule has 1 saturated heterocycles. The molecule has 1 fully saturated rings. The summed E-state index contributed by atoms with van der Waals surface area (Å²) in [5.41, 5.74) is 2.71. The number of nitrogens with zero attached hydrogens (tertiary/aromatic N) is 2. The number of likely N-dealkylation sites (N-methyl/N-ethyl adjacent to an activating group) is 1. The Bertz CT molecular complexity index is 865. The molecule has 1 heterocycles. The monoisotopic (exact) mass is 401 g/mol. The molecule has 2 aromatic rings. The summed E-state index contributed by atoms with van der Waals surface area (Å²) in [6.45, 7) is 2.07. The molecule has 0 radical (unpaired) electrons. The molecule has 0 aromatic heterocycles. The van der Waals surface area contributed by atoms with Crippen molar-refractivity contribution in [1.82, 2.24) is 10.2 Å². The number of benzene rings is 2. The highest BCUT2D eigenvalue weighted by molar-refractivity contribution is 5.79. The average molecular weight is 401 g/mol. The van der Waals surface area contributed by atoms with Crippen molar-refractivity contribution in [2.45, 2.75) is 0 Å². The van der Waals surface area contributed by atoms with Crippen LogP contribution in [0.1, 0.15) is 0 Å². The van der Waals surface area contributed by atoms with Crippen molar-refractivity contribution in [3.05, 3.63) is 48.3 Å². The minimum atomic E-state index is -0.481. The van der Waals surface area contributed by atoms with E-state index in [-0.39, 0.29) is 18.3 Å². The predicted octanol–water partition coefficient (Wildman–Crippen LogP) is 2.51. The highest BCUT2D eigenvalue weighted by Crippen LogP contribution is 2.27. The van der Waals surface area contributed by atoms with Crippen LogP contribution in [-0.2, 0) is 9.53 Å². The van der Waals surface area contributed by atoms with Gasteiger partial charge in [-0.25, -0.2) is 9.18 Å². The third-order valence-electron chi connectivity index (χ3n) is 4.86. The van der Waals surface area contributed by atoms with Crippen molar-refractivity contribution in [3.8, 4) is 16.9 Å². The number of methoxy groups -OCH3 is 1. The first-order valence-corrected chi connectivity index (χ1v) is 9.33. The maximum absolute atomic E-state index is 13.9. The Morgan fingerprint density at radius 3 is 2.28 bits per heavy atom. The van der Waals surface area contributed by atoms with Gasteiger partial charge in [0.2, 0.25) is 0 Å². The molecule has 0 atom stereocenters. The van der Waals surface area contributed by atoms with Crippen molar-refractivity contribution in [1.29, 1.82) is 0 Å². The fourth-order valence-electron chi connectivity index (χ4n) is 3.15. The van der Waals surface area contributed by atoms with Crippen LogP contribution in [0.4, 0.5) is 14.9 Å². The van der Waals surface area contributed by atoms with Crippen molar-refractivity contribution >= 4 is 17.7 Å². The standard InChI is InChI=1S/C21H24FN3O4/c1-23-20(26)14-29-21(27)25-11-9-24(10-12-25)17-6-3-15(4-7-17)16-5-8-19(28-2)18(22)13-16/h3-8,13H,9-12,14H2,1-2H3,(H,23,26). The minimum Gasteiger partial charge on any atom is -0.494 e. The van der Waals surface area contributed by atoms with E-state index in [0.29, 0.717) is 26.2 Å². The van der Waals surface area contributed by atoms with Gasteiger partial charge in [0.1, 0.15) is 0 Å². The van der Waals surface area contributed by atoms with Gasteiger partial charge in [-0.15, -0.1) is 0 Å². The molecular weight excluding hydrogens is 377 g/mol. The van der Waals surface area contributed by atoms with Crippen LogP contribution >= 0.6 is 0 Å². The first-order chi connectivity index (χ1) is 14.0. The average Bonchev–Trinajstić information content (AvgIpc) is 2.77. The molecule has 2 amide bonds. The Kier molecular flexibility index (Phi) is 6.54. The van der Waals surface area contributed by atoms with Gasteiger partial charge in [-0.2, -0.15) is 0 Å². The number of amides is 2. The van der Waals surface area contributed by atoms with Crippen LogP contribution in [0.15, 0.2) is 42.5 Å². The lowest BCUT2D eigenvalue weighted by Crippen LogP contribution is -2.49. The summed E-state index contributed by atoms with van der Waals surface area (Å²) in [6.07, 6.45) is -0.481. The van der Waals surface area contributed by atoms with E-state index >= 15 is 0 Å². The Balaban J connectivity index is 1.57. The highest BCUT2D eigenvalue weighted by atomic mass is 19.1. The molecule has 0 saturated carbocycles. The molecule has 7 nitrogen and oxygen atoms in total. The van der Waals surface area contributed by atoms with E-state index in [1.807, 2.05) is 30.3 Å². The zero-order valence-electron chi connectivity index (χ0n) is 16.5. The lowest BCUT2D eigenvalue weighted by molar-refractivity contribution is -0.123. The van der Waals surface area contributed by atoms with E-state index in [1.165, 1.54) is 20.2 Å². The van der Waals surface area contributed by atoms with E-state index in [4.69, 9.17) is 9.47 Å². The number of ether oxygens (including phenoxy) is 2. The van der Waals surface area contributed by atoms with Crippen molar-refractivity contribution in [2.75, 3.05) is 51.8 Å². The van der Waals surface area contributed by atoms with Gasteiger partial charge in [-0.05, 0) is 35.4 Å². The highest BCUT2D eigenvalue weighted by Gasteiger charge is 2.23. The predicted molar refractivity (Wildman–Crippen MR) is 108 cm³/mol. The Hall–Kier alpha value is -3.29. The molecule has 2 aromatic carbocycles. The maximum Gasteiger partial charge on any atom is 0.410 e. The van der Waals surface area contributed by atoms with Crippen LogP contribution in [0.25, 0.3) is 11.1 Å². The molecule has 0 unspecified atom stereocenters. The second-order valence-electron chi connectivity index (χ2n) is 6.60. The number of hydrogen-bond acceptors (Lipinski definition) is 5. The van der Waals surface area contributed by atoms with Crippen molar-refractivity contribution in [3.63, 3.8) is 0 Å². The molecule has 1 aliphatic heterocycles. The summed E-state index contributed by atoms with van der Waals surface area (Å²) in [4.78, 5) is 26.9. The van der Waals surface area contributed by atoms with Gasteiger partial charge in [0.05, 0.1) is 7.11 Å². The Morgan fingerprint density at radius 2 is 1.69 bits per heavy atom. The third-order valence-corrected chi connectivity index (χ3v) is 4.86. The van der Waals surface area contributed by atoms with Gasteiger partial charge in [0.25, 0.3) is 5.91 Å². The second-order valence-corrected chi connectivity index (χ2v) is 6.60. The summed E-state index contributed by atoms with van der Waals surface area (Å²) in [5.74, 6) is -0.514. The van der Waals surface area contributed by atoms with Crippen molar-refractivity contribution < 1.29 is 23.5 Å². The van der Waals surface area contributed by atoms with Crippen LogP contribution < -0.4 is 15.0 Å². The summed E-state index contributed by atoms with van der Waals surface area (Å²) < 4.78 is 23.9. The first-order valence-electron chi connectivity index (χ1n) is 9.33. The van der Waals surface area contributed by atoms with E-state index in [2.05, 4.69) is 10.2 Å². The van der Waals surface area contributed by atoms with Gasteiger partial charge in [-0.1, -0.05) is 18.2 Å². The quantitative estimate of drug-likeness (QED) is 0.834. The lowest BCUT2D eigenvalue weighted by Gasteiger charge is -2.35. The third kappa shape index (κ3) is 4.96. The number of hydrogen-bond donors (Lipinski definition) is 1. The molecular formula is C21H24FN3O4. The van der Waals surface area contributed by atoms with Gasteiger partial charge in [-0.3, -0.25) is 4.79 Å². The normalized spacial score (nSPS) is 13.8. The van der Waals surface area contributed by atoms with Gasteiger partial charge < -0.3 is 24.6 Å². The van der Waals surface area contributed by atoms with E-state index in [1.54, 1.807) is 11.0 Å². The minimum absolute atomic E-state index is 0.220. The Labute approximate surface area is 169 Å². The van der Waals surface area contributed by atoms with Gasteiger partial charge in [0, 0.05) is 38.9 Å². The number of carbonyl (C=O) groups is 2. The van der Waals surface area contributed by atoms with Crippen LogP contribution in [0.2, 0.25) is 0 Å². The molecule has 1 N–H and O–H groups in total. The van der Waals surface area contributed by atoms with Gasteiger partial charge >= 0.3 is 6.09 Å². The molecule has 3 rings (SSSR count). The molecule has 8 heteroatoms. The first kappa shape index (κ1) is 20.4. The number of piperazine rings is 1. The molecule has 154 valence electrons. The van der Waals surface area contributed by atoms with Crippen LogP contribution in [-0.4, -0.2) is 63.8 Å². The molecule has 0 bridgehead atoms. The number of rotatable bonds is 5. The van der Waals surface area contributed by atoms with E-state index in [0.717, 1.165) is 16.8 Å². The van der Waals surface area contributed by atoms with Gasteiger partial charge in [0.15, 0.2) is 18.2 Å². The SMILES string of the molecule is CNC(=O)COC(=O)N1CCN(c2ccc(-c3ccc(OC)c(F)c3)cc2)CC1. The van der Waals surface area contributed by atoms with Crippen molar-refractivity contribution in [2.24, 2.45) is 0 Å². The maximum atomic E-state index is 13.9. The molecule has 29 heavy (non-hydrogen) atoms. The lowest BCUT2D eigenvalue weighted by atomic mass is 10.0. The fourth-order valence-corrected chi connectivity index (χ4v) is 3.15. The zero-order valence-corrected chi connectivity index (χ0v) is 16.5. The molecule has 0 spiro atoms. The van der Waals surface area contributed by atoms with Crippen LogP contribution in [0, 0.1) is 5.82 Å². The zero-order chi connectivity index (χ0) is 20.8. The second kappa shape index (κ2) is 9.27. The number of halogens is 1. The number of anilines is 1.